The standard InChI is InChI=1S/C9H13NO/c1-6-7-4-10-5-9(7)3-2-8(6)11-9/h2-3,6-8,10H,4-5H2,1H3/t6-,7?,8-,9-/m0/s1. The van der Waals surface area contributed by atoms with Gasteiger partial charge in [-0.25, -0.2) is 0 Å². The Balaban J connectivity index is 2.07. The van der Waals surface area contributed by atoms with Gasteiger partial charge in [-0.2, -0.15) is 0 Å². The normalized spacial score (nSPS) is 58.8. The molecule has 0 aromatic rings. The summed E-state index contributed by atoms with van der Waals surface area (Å²) in [4.78, 5) is 0. The number of fused-ring (bicyclic) bond motifs is 1. The maximum atomic E-state index is 5.92. The molecule has 60 valence electrons. The van der Waals surface area contributed by atoms with Crippen molar-refractivity contribution in [3.8, 4) is 0 Å². The van der Waals surface area contributed by atoms with Crippen molar-refractivity contribution < 1.29 is 4.74 Å². The lowest BCUT2D eigenvalue weighted by molar-refractivity contribution is 0.0313. The fourth-order valence-corrected chi connectivity index (χ4v) is 2.77. The van der Waals surface area contributed by atoms with Gasteiger partial charge in [0, 0.05) is 19.0 Å². The summed E-state index contributed by atoms with van der Waals surface area (Å²) < 4.78 is 5.92. The summed E-state index contributed by atoms with van der Waals surface area (Å²) >= 11 is 0. The highest BCUT2D eigenvalue weighted by molar-refractivity contribution is 5.25. The fraction of sp³-hybridized carbons (Fsp3) is 0.778. The first-order chi connectivity index (χ1) is 5.32. The van der Waals surface area contributed by atoms with Crippen LogP contribution in [0.1, 0.15) is 6.92 Å². The Kier molecular flexibility index (Phi) is 0.958. The fourth-order valence-electron chi connectivity index (χ4n) is 2.77. The van der Waals surface area contributed by atoms with Crippen molar-refractivity contribution in [2.24, 2.45) is 11.8 Å². The molecule has 1 spiro atoms. The Morgan fingerprint density at radius 1 is 1.64 bits per heavy atom. The monoisotopic (exact) mass is 151 g/mol. The van der Waals surface area contributed by atoms with Gasteiger partial charge in [-0.3, -0.25) is 0 Å². The summed E-state index contributed by atoms with van der Waals surface area (Å²) in [5.41, 5.74) is 0.101. The van der Waals surface area contributed by atoms with Crippen molar-refractivity contribution in [2.45, 2.75) is 18.6 Å². The molecule has 2 fully saturated rings. The third-order valence-electron chi connectivity index (χ3n) is 3.47. The van der Waals surface area contributed by atoms with Crippen LogP contribution >= 0.6 is 0 Å². The second-order valence-corrected chi connectivity index (χ2v) is 3.99. The van der Waals surface area contributed by atoms with Crippen LogP contribution in [0.4, 0.5) is 0 Å². The molecule has 0 aromatic carbocycles. The minimum Gasteiger partial charge on any atom is -0.362 e. The van der Waals surface area contributed by atoms with Crippen LogP contribution in [-0.4, -0.2) is 24.8 Å². The summed E-state index contributed by atoms with van der Waals surface area (Å²) in [6.45, 7) is 4.46. The van der Waals surface area contributed by atoms with E-state index in [-0.39, 0.29) is 5.60 Å². The average Bonchev–Trinajstić information content (AvgIpc) is 2.61. The van der Waals surface area contributed by atoms with Gasteiger partial charge < -0.3 is 10.1 Å². The van der Waals surface area contributed by atoms with E-state index in [2.05, 4.69) is 24.4 Å². The maximum Gasteiger partial charge on any atom is 0.104 e. The Labute approximate surface area is 66.6 Å². The highest BCUT2D eigenvalue weighted by Gasteiger charge is 2.56. The first kappa shape index (κ1) is 6.21. The summed E-state index contributed by atoms with van der Waals surface area (Å²) in [6.07, 6.45) is 4.92. The third kappa shape index (κ3) is 0.565. The smallest absolute Gasteiger partial charge is 0.104 e. The molecule has 1 unspecified atom stereocenters. The first-order valence-corrected chi connectivity index (χ1v) is 4.40. The summed E-state index contributed by atoms with van der Waals surface area (Å²) in [6, 6.07) is 0. The van der Waals surface area contributed by atoms with E-state index < -0.39 is 0 Å². The summed E-state index contributed by atoms with van der Waals surface area (Å²) in [5, 5.41) is 3.40. The molecule has 2 nitrogen and oxygen atoms in total. The van der Waals surface area contributed by atoms with E-state index in [9.17, 15) is 0 Å². The zero-order valence-corrected chi connectivity index (χ0v) is 6.71. The van der Waals surface area contributed by atoms with E-state index in [1.807, 2.05) is 0 Å². The second kappa shape index (κ2) is 1.70. The van der Waals surface area contributed by atoms with E-state index in [1.165, 1.54) is 0 Å². The highest BCUT2D eigenvalue weighted by Crippen LogP contribution is 2.48. The van der Waals surface area contributed by atoms with Gasteiger partial charge in [-0.15, -0.1) is 0 Å². The molecule has 3 aliphatic heterocycles. The average molecular weight is 151 g/mol. The van der Waals surface area contributed by atoms with Gasteiger partial charge in [-0.1, -0.05) is 19.1 Å². The number of ether oxygens (including phenoxy) is 1. The molecule has 1 N–H and O–H groups in total. The largest absolute Gasteiger partial charge is 0.362 e. The van der Waals surface area contributed by atoms with E-state index in [0.29, 0.717) is 6.10 Å². The molecular weight excluding hydrogens is 138 g/mol. The van der Waals surface area contributed by atoms with E-state index in [4.69, 9.17) is 4.74 Å². The molecule has 0 aromatic heterocycles. The lowest BCUT2D eigenvalue weighted by Crippen LogP contribution is -2.33. The minimum atomic E-state index is 0.101. The van der Waals surface area contributed by atoms with Gasteiger partial charge in [0.25, 0.3) is 0 Å². The lowest BCUT2D eigenvalue weighted by Gasteiger charge is -2.23. The molecule has 3 heterocycles. The predicted molar refractivity (Wildman–Crippen MR) is 42.3 cm³/mol. The van der Waals surface area contributed by atoms with Crippen molar-refractivity contribution >= 4 is 0 Å². The molecule has 0 aliphatic carbocycles. The summed E-state index contributed by atoms with van der Waals surface area (Å²) in [5.74, 6) is 1.45. The Morgan fingerprint density at radius 2 is 2.55 bits per heavy atom. The van der Waals surface area contributed by atoms with Crippen LogP contribution in [0.3, 0.4) is 0 Å². The van der Waals surface area contributed by atoms with Crippen molar-refractivity contribution in [3.63, 3.8) is 0 Å². The molecule has 3 aliphatic rings. The van der Waals surface area contributed by atoms with Gasteiger partial charge in [-0.05, 0) is 5.92 Å². The Morgan fingerprint density at radius 3 is 3.36 bits per heavy atom. The van der Waals surface area contributed by atoms with Crippen molar-refractivity contribution in [1.29, 1.82) is 0 Å². The summed E-state index contributed by atoms with van der Waals surface area (Å²) in [7, 11) is 0. The third-order valence-corrected chi connectivity index (χ3v) is 3.47. The van der Waals surface area contributed by atoms with Crippen LogP contribution in [-0.2, 0) is 4.74 Å². The van der Waals surface area contributed by atoms with Crippen LogP contribution in [0.5, 0.6) is 0 Å². The van der Waals surface area contributed by atoms with Gasteiger partial charge in [0.05, 0.1) is 6.10 Å². The second-order valence-electron chi connectivity index (χ2n) is 3.99. The predicted octanol–water partition coefficient (Wildman–Crippen LogP) is 0.549. The highest BCUT2D eigenvalue weighted by atomic mass is 16.5. The maximum absolute atomic E-state index is 5.92. The molecule has 2 bridgehead atoms. The molecular formula is C9H13NO. The Bertz CT molecular complexity index is 226. The van der Waals surface area contributed by atoms with Gasteiger partial charge in [0.2, 0.25) is 0 Å². The topological polar surface area (TPSA) is 21.3 Å². The van der Waals surface area contributed by atoms with Crippen LogP contribution < -0.4 is 5.32 Å². The molecule has 0 saturated carbocycles. The zero-order valence-electron chi connectivity index (χ0n) is 6.71. The number of rotatable bonds is 0. The van der Waals surface area contributed by atoms with E-state index >= 15 is 0 Å². The van der Waals surface area contributed by atoms with E-state index in [1.54, 1.807) is 0 Å². The molecule has 3 rings (SSSR count). The van der Waals surface area contributed by atoms with Crippen LogP contribution in [0.25, 0.3) is 0 Å². The quantitative estimate of drug-likeness (QED) is 0.510. The number of hydrogen-bond acceptors (Lipinski definition) is 2. The number of nitrogens with one attached hydrogen (secondary N) is 1. The lowest BCUT2D eigenvalue weighted by atomic mass is 9.79. The molecule has 0 amide bonds. The van der Waals surface area contributed by atoms with Crippen molar-refractivity contribution in [3.05, 3.63) is 12.2 Å². The van der Waals surface area contributed by atoms with E-state index in [0.717, 1.165) is 24.9 Å². The molecule has 2 heteroatoms. The van der Waals surface area contributed by atoms with Gasteiger partial charge in [0.1, 0.15) is 5.60 Å². The van der Waals surface area contributed by atoms with Crippen molar-refractivity contribution in [1.82, 2.24) is 5.32 Å². The zero-order chi connectivity index (χ0) is 7.47. The SMILES string of the molecule is C[C@H]1C2CNC[C@@]23C=C[C@@H]1O3. The molecule has 11 heavy (non-hydrogen) atoms. The molecule has 0 radical (unpaired) electrons. The van der Waals surface area contributed by atoms with Crippen LogP contribution in [0.2, 0.25) is 0 Å². The van der Waals surface area contributed by atoms with Crippen molar-refractivity contribution in [2.75, 3.05) is 13.1 Å². The van der Waals surface area contributed by atoms with Crippen LogP contribution in [0, 0.1) is 11.8 Å². The minimum absolute atomic E-state index is 0.101. The molecule has 4 atom stereocenters. The Hall–Kier alpha value is -0.340. The van der Waals surface area contributed by atoms with Crippen LogP contribution in [0.15, 0.2) is 12.2 Å². The van der Waals surface area contributed by atoms with Gasteiger partial charge in [0.15, 0.2) is 0 Å². The number of hydrogen-bond donors (Lipinski definition) is 1. The molecule has 2 saturated heterocycles. The first-order valence-electron chi connectivity index (χ1n) is 4.40. The van der Waals surface area contributed by atoms with Gasteiger partial charge >= 0.3 is 0 Å².